The molecule has 2 aromatic rings. The fraction of sp³-hybridized carbons (Fsp3) is 0.200. The molecule has 0 aliphatic rings. The maximum atomic E-state index is 12.2. The molecule has 0 saturated carbocycles. The smallest absolute Gasteiger partial charge is 0.254 e. The molecule has 1 heterocycles. The van der Waals surface area contributed by atoms with Crippen LogP contribution in [0.1, 0.15) is 28.9 Å². The van der Waals surface area contributed by atoms with Crippen molar-refractivity contribution < 1.29 is 9.53 Å². The number of methoxy groups -OCH3 is 1. The number of para-hydroxylation sites is 1. The van der Waals surface area contributed by atoms with E-state index in [9.17, 15) is 4.79 Å². The van der Waals surface area contributed by atoms with Gasteiger partial charge in [0.15, 0.2) is 0 Å². The average Bonchev–Trinajstić information content (AvgIpc) is 2.46. The van der Waals surface area contributed by atoms with E-state index in [1.165, 1.54) is 6.07 Å². The summed E-state index contributed by atoms with van der Waals surface area (Å²) < 4.78 is 5.29. The zero-order valence-corrected chi connectivity index (χ0v) is 13.1. The fourth-order valence-corrected chi connectivity index (χ4v) is 2.39. The predicted octanol–water partition coefficient (Wildman–Crippen LogP) is 3.89. The Morgan fingerprint density at radius 2 is 1.95 bits per heavy atom. The number of carbonyl (C=O) groups excluding carboxylic acids is 1. The summed E-state index contributed by atoms with van der Waals surface area (Å²) in [6.07, 6.45) is 0. The molecule has 1 N–H and O–H groups in total. The molecule has 0 fully saturated rings. The lowest BCUT2D eigenvalue weighted by Crippen LogP contribution is -2.27. The second-order valence-electron chi connectivity index (χ2n) is 4.41. The highest BCUT2D eigenvalue weighted by atomic mass is 35.5. The number of nitrogens with one attached hydrogen (secondary N) is 1. The summed E-state index contributed by atoms with van der Waals surface area (Å²) in [6.45, 7) is 1.87. The number of hydrogen-bond donors (Lipinski definition) is 1. The van der Waals surface area contributed by atoms with Gasteiger partial charge in [-0.1, -0.05) is 41.4 Å². The van der Waals surface area contributed by atoms with Crippen molar-refractivity contribution in [2.75, 3.05) is 7.11 Å². The minimum absolute atomic E-state index is 0.0761. The maximum Gasteiger partial charge on any atom is 0.254 e. The predicted molar refractivity (Wildman–Crippen MR) is 83.1 cm³/mol. The van der Waals surface area contributed by atoms with Gasteiger partial charge < -0.3 is 10.1 Å². The second-order valence-corrected chi connectivity index (χ2v) is 5.15. The van der Waals surface area contributed by atoms with E-state index < -0.39 is 0 Å². The highest BCUT2D eigenvalue weighted by Gasteiger charge is 2.17. The number of carbonyl (C=O) groups is 1. The van der Waals surface area contributed by atoms with Crippen molar-refractivity contribution in [1.29, 1.82) is 0 Å². The summed E-state index contributed by atoms with van der Waals surface area (Å²) in [5.74, 6) is 0.396. The molecule has 1 amide bonds. The van der Waals surface area contributed by atoms with Crippen LogP contribution in [0.2, 0.25) is 10.3 Å². The van der Waals surface area contributed by atoms with Crippen molar-refractivity contribution in [3.63, 3.8) is 0 Å². The number of amides is 1. The van der Waals surface area contributed by atoms with E-state index in [2.05, 4.69) is 10.3 Å². The number of ether oxygens (including phenoxy) is 1. The Morgan fingerprint density at radius 1 is 1.24 bits per heavy atom. The minimum Gasteiger partial charge on any atom is -0.496 e. The van der Waals surface area contributed by atoms with E-state index in [0.717, 1.165) is 5.56 Å². The van der Waals surface area contributed by atoms with Crippen LogP contribution in [-0.2, 0) is 0 Å². The standard InChI is InChI=1S/C15H14Cl2N2O2/c1-9(10-5-3-4-6-12(10)21-2)18-15(20)11-7-8-13(16)19-14(11)17/h3-9H,1-2H3,(H,18,20)/t9-/m0/s1. The topological polar surface area (TPSA) is 51.2 Å². The first-order valence-corrected chi connectivity index (χ1v) is 7.04. The van der Waals surface area contributed by atoms with Gasteiger partial charge in [0.25, 0.3) is 5.91 Å². The van der Waals surface area contributed by atoms with Crippen molar-refractivity contribution in [2.45, 2.75) is 13.0 Å². The lowest BCUT2D eigenvalue weighted by atomic mass is 10.1. The molecule has 0 aliphatic heterocycles. The molecule has 0 saturated heterocycles. The molecule has 0 radical (unpaired) electrons. The molecule has 1 aromatic carbocycles. The van der Waals surface area contributed by atoms with E-state index in [0.29, 0.717) is 5.75 Å². The van der Waals surface area contributed by atoms with Crippen LogP contribution < -0.4 is 10.1 Å². The highest BCUT2D eigenvalue weighted by Crippen LogP contribution is 2.25. The summed E-state index contributed by atoms with van der Waals surface area (Å²) in [4.78, 5) is 16.1. The van der Waals surface area contributed by atoms with Gasteiger partial charge in [-0.15, -0.1) is 0 Å². The van der Waals surface area contributed by atoms with Gasteiger partial charge in [-0.2, -0.15) is 0 Å². The third-order valence-electron chi connectivity index (χ3n) is 3.01. The number of aromatic nitrogens is 1. The molecule has 4 nitrogen and oxygen atoms in total. The molecular weight excluding hydrogens is 311 g/mol. The molecular formula is C15H14Cl2N2O2. The van der Waals surface area contributed by atoms with Crippen LogP contribution in [0, 0.1) is 0 Å². The summed E-state index contributed by atoms with van der Waals surface area (Å²) in [6, 6.07) is 10.3. The summed E-state index contributed by atoms with van der Waals surface area (Å²) in [5, 5.41) is 3.18. The Morgan fingerprint density at radius 3 is 2.62 bits per heavy atom. The SMILES string of the molecule is COc1ccccc1[C@H](C)NC(=O)c1ccc(Cl)nc1Cl. The van der Waals surface area contributed by atoms with Crippen LogP contribution in [0.3, 0.4) is 0 Å². The van der Waals surface area contributed by atoms with Gasteiger partial charge in [0.1, 0.15) is 16.1 Å². The fourth-order valence-electron chi connectivity index (χ4n) is 1.96. The highest BCUT2D eigenvalue weighted by molar-refractivity contribution is 6.34. The first-order chi connectivity index (χ1) is 10.0. The van der Waals surface area contributed by atoms with E-state index in [1.807, 2.05) is 31.2 Å². The Hall–Kier alpha value is -1.78. The van der Waals surface area contributed by atoms with E-state index in [-0.39, 0.29) is 27.8 Å². The summed E-state index contributed by atoms with van der Waals surface area (Å²) >= 11 is 11.7. The number of benzene rings is 1. The van der Waals surface area contributed by atoms with Crippen molar-refractivity contribution >= 4 is 29.1 Å². The van der Waals surface area contributed by atoms with Gasteiger partial charge in [-0.05, 0) is 25.1 Å². The van der Waals surface area contributed by atoms with Crippen LogP contribution in [0.15, 0.2) is 36.4 Å². The lowest BCUT2D eigenvalue weighted by Gasteiger charge is -2.17. The molecule has 6 heteroatoms. The molecule has 0 spiro atoms. The Bertz CT molecular complexity index is 662. The normalized spacial score (nSPS) is 11.8. The molecule has 0 bridgehead atoms. The van der Waals surface area contributed by atoms with Crippen molar-refractivity contribution in [3.8, 4) is 5.75 Å². The van der Waals surface area contributed by atoms with Crippen molar-refractivity contribution in [1.82, 2.24) is 10.3 Å². The Balaban J connectivity index is 2.19. The zero-order valence-electron chi connectivity index (χ0n) is 11.6. The molecule has 0 aliphatic carbocycles. The third kappa shape index (κ3) is 3.65. The summed E-state index contributed by atoms with van der Waals surface area (Å²) in [7, 11) is 1.59. The monoisotopic (exact) mass is 324 g/mol. The molecule has 0 unspecified atom stereocenters. The first-order valence-electron chi connectivity index (χ1n) is 6.28. The van der Waals surface area contributed by atoms with Gasteiger partial charge in [0.05, 0.1) is 18.7 Å². The van der Waals surface area contributed by atoms with Gasteiger partial charge in [-0.3, -0.25) is 4.79 Å². The second kappa shape index (κ2) is 6.78. The molecule has 21 heavy (non-hydrogen) atoms. The van der Waals surface area contributed by atoms with E-state index in [4.69, 9.17) is 27.9 Å². The van der Waals surface area contributed by atoms with Crippen LogP contribution in [0.5, 0.6) is 5.75 Å². The third-order valence-corrected chi connectivity index (χ3v) is 3.51. The number of rotatable bonds is 4. The number of pyridine rings is 1. The maximum absolute atomic E-state index is 12.2. The van der Waals surface area contributed by atoms with Crippen molar-refractivity contribution in [2.24, 2.45) is 0 Å². The Labute approximate surface area is 133 Å². The van der Waals surface area contributed by atoms with E-state index in [1.54, 1.807) is 13.2 Å². The minimum atomic E-state index is -0.317. The van der Waals surface area contributed by atoms with Gasteiger partial charge in [-0.25, -0.2) is 4.98 Å². The molecule has 1 atom stereocenters. The van der Waals surface area contributed by atoms with Gasteiger partial charge in [0.2, 0.25) is 0 Å². The summed E-state index contributed by atoms with van der Waals surface area (Å²) in [5.41, 5.74) is 1.16. The Kier molecular flexibility index (Phi) is 5.04. The van der Waals surface area contributed by atoms with Crippen LogP contribution >= 0.6 is 23.2 Å². The molecule has 2 rings (SSSR count). The van der Waals surface area contributed by atoms with Crippen LogP contribution in [0.25, 0.3) is 0 Å². The van der Waals surface area contributed by atoms with Gasteiger partial charge >= 0.3 is 0 Å². The van der Waals surface area contributed by atoms with Crippen molar-refractivity contribution in [3.05, 3.63) is 57.8 Å². The number of nitrogens with zero attached hydrogens (tertiary/aromatic N) is 1. The number of hydrogen-bond acceptors (Lipinski definition) is 3. The largest absolute Gasteiger partial charge is 0.496 e. The first kappa shape index (κ1) is 15.6. The van der Waals surface area contributed by atoms with Crippen LogP contribution in [-0.4, -0.2) is 18.0 Å². The van der Waals surface area contributed by atoms with Crippen LogP contribution in [0.4, 0.5) is 0 Å². The zero-order chi connectivity index (χ0) is 15.4. The quantitative estimate of drug-likeness (QED) is 0.868. The van der Waals surface area contributed by atoms with E-state index >= 15 is 0 Å². The molecule has 110 valence electrons. The lowest BCUT2D eigenvalue weighted by molar-refractivity contribution is 0.0939. The molecule has 1 aromatic heterocycles. The van der Waals surface area contributed by atoms with Gasteiger partial charge in [0, 0.05) is 5.56 Å². The average molecular weight is 325 g/mol. The number of halogens is 2.